The van der Waals surface area contributed by atoms with Crippen LogP contribution < -0.4 is 10.6 Å². The number of rotatable bonds is 4. The summed E-state index contributed by atoms with van der Waals surface area (Å²) in [6.45, 7) is 9.65. The Morgan fingerprint density at radius 2 is 1.64 bits per heavy atom. The molecule has 1 aromatic heterocycles. The summed E-state index contributed by atoms with van der Waals surface area (Å²) in [6.07, 6.45) is 0. The van der Waals surface area contributed by atoms with E-state index in [1.165, 1.54) is 0 Å². The summed E-state index contributed by atoms with van der Waals surface area (Å²) in [6, 6.07) is 13.2. The van der Waals surface area contributed by atoms with Gasteiger partial charge in [-0.15, -0.1) is 0 Å². The van der Waals surface area contributed by atoms with E-state index in [0.717, 1.165) is 11.3 Å². The number of nitrogens with zero attached hydrogens (tertiary/aromatic N) is 1. The van der Waals surface area contributed by atoms with E-state index in [1.54, 1.807) is 19.1 Å². The van der Waals surface area contributed by atoms with Crippen LogP contribution in [0, 0.1) is 13.8 Å². The second kappa shape index (κ2) is 7.47. The molecule has 2 N–H and O–H groups in total. The highest BCUT2D eigenvalue weighted by atomic mass is 16.2. The first kappa shape index (κ1) is 18.6. The number of hydrogen-bond donors (Lipinski definition) is 2. The lowest BCUT2D eigenvalue weighted by Crippen LogP contribution is -2.49. The number of benzene rings is 1. The predicted octanol–water partition coefficient (Wildman–Crippen LogP) is 3.12. The fraction of sp³-hybridized carbons (Fsp3) is 0.350. The van der Waals surface area contributed by atoms with Crippen molar-refractivity contribution in [2.24, 2.45) is 0 Å². The SMILES string of the molecule is Cc1ccc(NC(=O)C(=O)N[C@@H](C)C(C)(C)c2ccccc2)c(C)n1. The van der Waals surface area contributed by atoms with Crippen molar-refractivity contribution in [3.05, 3.63) is 59.4 Å². The molecule has 0 aliphatic carbocycles. The van der Waals surface area contributed by atoms with Gasteiger partial charge >= 0.3 is 11.8 Å². The zero-order valence-corrected chi connectivity index (χ0v) is 15.4. The normalized spacial score (nSPS) is 12.4. The number of aryl methyl sites for hydroxylation is 2. The second-order valence-electron chi connectivity index (χ2n) is 6.82. The molecule has 25 heavy (non-hydrogen) atoms. The van der Waals surface area contributed by atoms with Crippen LogP contribution in [0.5, 0.6) is 0 Å². The number of hydrogen-bond acceptors (Lipinski definition) is 3. The third-order valence-electron chi connectivity index (χ3n) is 4.63. The lowest BCUT2D eigenvalue weighted by Gasteiger charge is -2.32. The van der Waals surface area contributed by atoms with Crippen molar-refractivity contribution < 1.29 is 9.59 Å². The standard InChI is InChI=1S/C20H25N3O2/c1-13-11-12-17(14(2)21-13)23-19(25)18(24)22-15(3)20(4,5)16-9-7-6-8-10-16/h6-12,15H,1-5H3,(H,22,24)(H,23,25)/t15-/m0/s1. The van der Waals surface area contributed by atoms with Crippen LogP contribution >= 0.6 is 0 Å². The third kappa shape index (κ3) is 4.44. The Hall–Kier alpha value is -2.69. The van der Waals surface area contributed by atoms with Gasteiger partial charge in [0.05, 0.1) is 11.4 Å². The van der Waals surface area contributed by atoms with Crippen molar-refractivity contribution in [1.29, 1.82) is 0 Å². The average Bonchev–Trinajstić information content (AvgIpc) is 2.57. The number of amides is 2. The Kier molecular flexibility index (Phi) is 5.57. The zero-order valence-electron chi connectivity index (χ0n) is 15.4. The first-order valence-electron chi connectivity index (χ1n) is 8.33. The molecule has 0 bridgehead atoms. The Bertz CT molecular complexity index is 770. The van der Waals surface area contributed by atoms with Gasteiger partial charge in [-0.1, -0.05) is 44.2 Å². The quantitative estimate of drug-likeness (QED) is 0.841. The highest BCUT2D eigenvalue weighted by molar-refractivity contribution is 6.39. The van der Waals surface area contributed by atoms with Crippen LogP contribution in [0.25, 0.3) is 0 Å². The largest absolute Gasteiger partial charge is 0.344 e. The molecule has 2 rings (SSSR count). The Morgan fingerprint density at radius 1 is 1.00 bits per heavy atom. The maximum atomic E-state index is 12.3. The Labute approximate surface area is 148 Å². The zero-order chi connectivity index (χ0) is 18.6. The number of nitrogens with one attached hydrogen (secondary N) is 2. The minimum Gasteiger partial charge on any atom is -0.344 e. The summed E-state index contributed by atoms with van der Waals surface area (Å²) in [7, 11) is 0. The minimum atomic E-state index is -0.690. The summed E-state index contributed by atoms with van der Waals surface area (Å²) in [5.41, 5.74) is 2.87. The molecular formula is C20H25N3O2. The third-order valence-corrected chi connectivity index (χ3v) is 4.63. The molecule has 0 aliphatic rings. The van der Waals surface area contributed by atoms with Crippen LogP contribution in [0.1, 0.15) is 37.7 Å². The van der Waals surface area contributed by atoms with Crippen LogP contribution in [0.15, 0.2) is 42.5 Å². The van der Waals surface area contributed by atoms with E-state index in [2.05, 4.69) is 15.6 Å². The van der Waals surface area contributed by atoms with Gasteiger partial charge in [-0.25, -0.2) is 0 Å². The molecule has 0 saturated carbocycles. The van der Waals surface area contributed by atoms with Crippen LogP contribution in [0.4, 0.5) is 5.69 Å². The van der Waals surface area contributed by atoms with Gasteiger partial charge in [-0.05, 0) is 38.5 Å². The van der Waals surface area contributed by atoms with Crippen LogP contribution in [0.3, 0.4) is 0 Å². The van der Waals surface area contributed by atoms with Gasteiger partial charge in [-0.3, -0.25) is 14.6 Å². The van der Waals surface area contributed by atoms with E-state index >= 15 is 0 Å². The fourth-order valence-corrected chi connectivity index (χ4v) is 2.56. The highest BCUT2D eigenvalue weighted by Crippen LogP contribution is 2.26. The smallest absolute Gasteiger partial charge is 0.313 e. The molecule has 0 radical (unpaired) electrons. The second-order valence-corrected chi connectivity index (χ2v) is 6.82. The molecule has 0 saturated heterocycles. The monoisotopic (exact) mass is 339 g/mol. The Morgan fingerprint density at radius 3 is 2.24 bits per heavy atom. The van der Waals surface area contributed by atoms with Gasteiger partial charge < -0.3 is 10.6 Å². The van der Waals surface area contributed by atoms with Crippen molar-refractivity contribution in [1.82, 2.24) is 10.3 Å². The summed E-state index contributed by atoms with van der Waals surface area (Å²) in [4.78, 5) is 28.7. The lowest BCUT2D eigenvalue weighted by molar-refractivity contribution is -0.136. The van der Waals surface area contributed by atoms with E-state index in [4.69, 9.17) is 0 Å². The first-order chi connectivity index (χ1) is 11.7. The first-order valence-corrected chi connectivity index (χ1v) is 8.33. The molecule has 0 aliphatic heterocycles. The molecule has 0 unspecified atom stereocenters. The maximum absolute atomic E-state index is 12.3. The number of anilines is 1. The van der Waals surface area contributed by atoms with E-state index in [9.17, 15) is 9.59 Å². The molecule has 2 aromatic rings. The summed E-state index contributed by atoms with van der Waals surface area (Å²) in [5.74, 6) is -1.35. The number of aromatic nitrogens is 1. The predicted molar refractivity (Wildman–Crippen MR) is 99.4 cm³/mol. The maximum Gasteiger partial charge on any atom is 0.313 e. The van der Waals surface area contributed by atoms with E-state index in [1.807, 2.05) is 58.0 Å². The van der Waals surface area contributed by atoms with Crippen molar-refractivity contribution in [2.45, 2.75) is 46.1 Å². The number of pyridine rings is 1. The molecule has 5 heteroatoms. The molecule has 1 aromatic carbocycles. The topological polar surface area (TPSA) is 71.1 Å². The van der Waals surface area contributed by atoms with Gasteiger partial charge in [-0.2, -0.15) is 0 Å². The van der Waals surface area contributed by atoms with E-state index in [-0.39, 0.29) is 11.5 Å². The molecule has 2 amide bonds. The highest BCUT2D eigenvalue weighted by Gasteiger charge is 2.30. The van der Waals surface area contributed by atoms with Gasteiger partial charge in [0.1, 0.15) is 0 Å². The molecular weight excluding hydrogens is 314 g/mol. The molecule has 132 valence electrons. The Balaban J connectivity index is 2.04. The fourth-order valence-electron chi connectivity index (χ4n) is 2.56. The van der Waals surface area contributed by atoms with Crippen LogP contribution in [0.2, 0.25) is 0 Å². The number of carbonyl (C=O) groups is 2. The van der Waals surface area contributed by atoms with Crippen molar-refractivity contribution in [3.8, 4) is 0 Å². The van der Waals surface area contributed by atoms with E-state index in [0.29, 0.717) is 11.4 Å². The molecule has 0 fully saturated rings. The lowest BCUT2D eigenvalue weighted by atomic mass is 9.78. The minimum absolute atomic E-state index is 0.217. The van der Waals surface area contributed by atoms with Crippen LogP contribution in [-0.2, 0) is 15.0 Å². The number of carbonyl (C=O) groups excluding carboxylic acids is 2. The van der Waals surface area contributed by atoms with Gasteiger partial charge in [0.2, 0.25) is 0 Å². The van der Waals surface area contributed by atoms with Crippen molar-refractivity contribution >= 4 is 17.5 Å². The van der Waals surface area contributed by atoms with Crippen molar-refractivity contribution in [2.75, 3.05) is 5.32 Å². The molecule has 1 heterocycles. The van der Waals surface area contributed by atoms with Gasteiger partial charge in [0.15, 0.2) is 0 Å². The molecule has 5 nitrogen and oxygen atoms in total. The summed E-state index contributed by atoms with van der Waals surface area (Å²) in [5, 5.41) is 5.42. The summed E-state index contributed by atoms with van der Waals surface area (Å²) >= 11 is 0. The molecule has 0 spiro atoms. The average molecular weight is 339 g/mol. The van der Waals surface area contributed by atoms with Gasteiger partial charge in [0, 0.05) is 17.2 Å². The summed E-state index contributed by atoms with van der Waals surface area (Å²) < 4.78 is 0. The van der Waals surface area contributed by atoms with Crippen LogP contribution in [-0.4, -0.2) is 22.8 Å². The van der Waals surface area contributed by atoms with Gasteiger partial charge in [0.25, 0.3) is 0 Å². The molecule has 1 atom stereocenters. The van der Waals surface area contributed by atoms with E-state index < -0.39 is 11.8 Å². The van der Waals surface area contributed by atoms with Crippen molar-refractivity contribution in [3.63, 3.8) is 0 Å².